The second-order valence-electron chi connectivity index (χ2n) is 5.07. The van der Waals surface area contributed by atoms with E-state index in [-0.39, 0.29) is 12.3 Å². The first-order valence-electron chi connectivity index (χ1n) is 7.24. The van der Waals surface area contributed by atoms with Crippen LogP contribution in [0.15, 0.2) is 57.5 Å². The number of hydrogen-bond acceptors (Lipinski definition) is 4. The molecule has 0 atom stereocenters. The summed E-state index contributed by atoms with van der Waals surface area (Å²) in [6, 6.07) is 15.3. The molecule has 1 N–H and O–H groups in total. The molecular formula is C17H13BrIN3O2. The Balaban J connectivity index is 1.56. The lowest BCUT2D eigenvalue weighted by Gasteiger charge is -2.03. The predicted octanol–water partition coefficient (Wildman–Crippen LogP) is 4.68. The molecule has 0 unspecified atom stereocenters. The molecule has 0 fully saturated rings. The van der Waals surface area contributed by atoms with Gasteiger partial charge in [-0.3, -0.25) is 4.79 Å². The number of anilines is 1. The normalized spacial score (nSPS) is 10.6. The zero-order chi connectivity index (χ0) is 16.9. The number of nitrogens with one attached hydrogen (secondary N) is 1. The van der Waals surface area contributed by atoms with Crippen LogP contribution >= 0.6 is 38.5 Å². The van der Waals surface area contributed by atoms with E-state index in [4.69, 9.17) is 4.52 Å². The van der Waals surface area contributed by atoms with Gasteiger partial charge in [0.25, 0.3) is 0 Å². The fourth-order valence-corrected chi connectivity index (χ4v) is 2.67. The molecule has 1 heterocycles. The Hall–Kier alpha value is -1.74. The molecule has 1 aromatic heterocycles. The zero-order valence-corrected chi connectivity index (χ0v) is 16.2. The average molecular weight is 498 g/mol. The number of aryl methyl sites for hydroxylation is 1. The third-order valence-corrected chi connectivity index (χ3v) is 4.51. The lowest BCUT2D eigenvalue weighted by Crippen LogP contribution is -2.12. The highest BCUT2D eigenvalue weighted by Crippen LogP contribution is 2.18. The van der Waals surface area contributed by atoms with Crippen LogP contribution in [0, 0.1) is 3.57 Å². The van der Waals surface area contributed by atoms with Gasteiger partial charge in [0.15, 0.2) is 0 Å². The van der Waals surface area contributed by atoms with Crippen LogP contribution in [0.2, 0.25) is 0 Å². The first kappa shape index (κ1) is 17.1. The lowest BCUT2D eigenvalue weighted by molar-refractivity contribution is -0.116. The number of aromatic nitrogens is 2. The van der Waals surface area contributed by atoms with E-state index in [1.165, 1.54) is 0 Å². The van der Waals surface area contributed by atoms with E-state index in [2.05, 4.69) is 54.0 Å². The Kier molecular flexibility index (Phi) is 5.62. The second kappa shape index (κ2) is 7.89. The molecule has 122 valence electrons. The monoisotopic (exact) mass is 497 g/mol. The van der Waals surface area contributed by atoms with Gasteiger partial charge in [0, 0.05) is 32.1 Å². The van der Waals surface area contributed by atoms with Crippen LogP contribution in [-0.2, 0) is 11.2 Å². The van der Waals surface area contributed by atoms with Crippen LogP contribution in [0.5, 0.6) is 0 Å². The molecule has 3 rings (SSSR count). The quantitative estimate of drug-likeness (QED) is 0.520. The minimum absolute atomic E-state index is 0.0914. The lowest BCUT2D eigenvalue weighted by atomic mass is 10.2. The summed E-state index contributed by atoms with van der Waals surface area (Å²) in [4.78, 5) is 16.3. The molecule has 3 aromatic rings. The summed E-state index contributed by atoms with van der Waals surface area (Å²) >= 11 is 5.60. The third-order valence-electron chi connectivity index (χ3n) is 3.26. The maximum absolute atomic E-state index is 12.0. The molecule has 0 aliphatic heterocycles. The van der Waals surface area contributed by atoms with Gasteiger partial charge >= 0.3 is 0 Å². The predicted molar refractivity (Wildman–Crippen MR) is 104 cm³/mol. The van der Waals surface area contributed by atoms with Crippen LogP contribution in [0.4, 0.5) is 5.69 Å². The average Bonchev–Trinajstić information content (AvgIpc) is 3.05. The molecule has 0 radical (unpaired) electrons. The topological polar surface area (TPSA) is 68.0 Å². The number of hydrogen-bond donors (Lipinski definition) is 1. The van der Waals surface area contributed by atoms with E-state index < -0.39 is 0 Å². The highest BCUT2D eigenvalue weighted by atomic mass is 127. The Bertz CT molecular complexity index is 832. The van der Waals surface area contributed by atoms with Crippen molar-refractivity contribution in [3.63, 3.8) is 0 Å². The van der Waals surface area contributed by atoms with E-state index >= 15 is 0 Å². The van der Waals surface area contributed by atoms with Crippen molar-refractivity contribution in [1.82, 2.24) is 10.1 Å². The van der Waals surface area contributed by atoms with E-state index in [9.17, 15) is 4.79 Å². The Morgan fingerprint density at radius 1 is 1.12 bits per heavy atom. The molecule has 0 aliphatic carbocycles. The Labute approximate surface area is 161 Å². The first-order valence-corrected chi connectivity index (χ1v) is 9.11. The molecule has 0 saturated heterocycles. The van der Waals surface area contributed by atoms with Crippen molar-refractivity contribution in [1.29, 1.82) is 0 Å². The van der Waals surface area contributed by atoms with Crippen molar-refractivity contribution in [3.8, 4) is 11.4 Å². The number of nitrogens with zero attached hydrogens (tertiary/aromatic N) is 2. The molecule has 0 bridgehead atoms. The highest BCUT2D eigenvalue weighted by molar-refractivity contribution is 14.1. The summed E-state index contributed by atoms with van der Waals surface area (Å²) in [5, 5.41) is 6.80. The molecule has 2 aromatic carbocycles. The van der Waals surface area contributed by atoms with E-state index in [0.29, 0.717) is 18.1 Å². The number of amides is 1. The van der Waals surface area contributed by atoms with Crippen LogP contribution in [0.3, 0.4) is 0 Å². The third kappa shape index (κ3) is 4.64. The molecule has 0 aliphatic rings. The minimum Gasteiger partial charge on any atom is -0.339 e. The van der Waals surface area contributed by atoms with Crippen LogP contribution in [0.1, 0.15) is 12.3 Å². The summed E-state index contributed by atoms with van der Waals surface area (Å²) in [6.07, 6.45) is 0.685. The molecule has 1 amide bonds. The van der Waals surface area contributed by atoms with E-state index in [0.717, 1.165) is 19.3 Å². The zero-order valence-electron chi connectivity index (χ0n) is 12.5. The molecular weight excluding hydrogens is 485 g/mol. The van der Waals surface area contributed by atoms with Crippen molar-refractivity contribution in [3.05, 3.63) is 62.5 Å². The van der Waals surface area contributed by atoms with Gasteiger partial charge in [-0.15, -0.1) is 0 Å². The second-order valence-corrected chi connectivity index (χ2v) is 7.23. The van der Waals surface area contributed by atoms with Crippen molar-refractivity contribution >= 4 is 50.1 Å². The first-order chi connectivity index (χ1) is 11.6. The Morgan fingerprint density at radius 2 is 1.83 bits per heavy atom. The minimum atomic E-state index is -0.0914. The summed E-state index contributed by atoms with van der Waals surface area (Å²) in [7, 11) is 0. The van der Waals surface area contributed by atoms with Gasteiger partial charge in [-0.2, -0.15) is 4.98 Å². The van der Waals surface area contributed by atoms with Gasteiger partial charge in [-0.05, 0) is 59.0 Å². The van der Waals surface area contributed by atoms with Crippen LogP contribution in [-0.4, -0.2) is 16.0 Å². The van der Waals surface area contributed by atoms with Crippen molar-refractivity contribution in [2.45, 2.75) is 12.8 Å². The number of rotatable bonds is 5. The molecule has 5 nitrogen and oxygen atoms in total. The van der Waals surface area contributed by atoms with Crippen LogP contribution < -0.4 is 5.32 Å². The molecule has 0 spiro atoms. The highest BCUT2D eigenvalue weighted by Gasteiger charge is 2.11. The van der Waals surface area contributed by atoms with E-state index in [1.807, 2.05) is 48.5 Å². The van der Waals surface area contributed by atoms with Gasteiger partial charge < -0.3 is 9.84 Å². The summed E-state index contributed by atoms with van der Waals surface area (Å²) < 4.78 is 7.33. The maximum Gasteiger partial charge on any atom is 0.227 e. The number of halogens is 2. The molecule has 7 heteroatoms. The Morgan fingerprint density at radius 3 is 2.54 bits per heavy atom. The van der Waals surface area contributed by atoms with Gasteiger partial charge in [0.1, 0.15) is 0 Å². The number of benzene rings is 2. The maximum atomic E-state index is 12.0. The van der Waals surface area contributed by atoms with Crippen molar-refractivity contribution in [2.75, 3.05) is 5.32 Å². The number of carbonyl (C=O) groups is 1. The SMILES string of the molecule is O=C(CCc1nc(-c2ccc(I)cc2)no1)Nc1ccc(Br)cc1. The standard InChI is InChI=1S/C17H13BrIN3O2/c18-12-3-7-14(8-4-12)20-15(23)9-10-16-21-17(22-24-16)11-1-5-13(19)6-2-11/h1-8H,9-10H2,(H,20,23). The largest absolute Gasteiger partial charge is 0.339 e. The van der Waals surface area contributed by atoms with Crippen LogP contribution in [0.25, 0.3) is 11.4 Å². The van der Waals surface area contributed by atoms with Crippen molar-refractivity contribution in [2.24, 2.45) is 0 Å². The molecule has 0 saturated carbocycles. The fraction of sp³-hybridized carbons (Fsp3) is 0.118. The summed E-state index contributed by atoms with van der Waals surface area (Å²) in [6.45, 7) is 0. The van der Waals surface area contributed by atoms with Gasteiger partial charge in [0.05, 0.1) is 0 Å². The summed E-state index contributed by atoms with van der Waals surface area (Å²) in [5.74, 6) is 0.899. The van der Waals surface area contributed by atoms with Gasteiger partial charge in [0.2, 0.25) is 17.6 Å². The summed E-state index contributed by atoms with van der Waals surface area (Å²) in [5.41, 5.74) is 1.65. The van der Waals surface area contributed by atoms with Gasteiger partial charge in [-0.25, -0.2) is 0 Å². The van der Waals surface area contributed by atoms with Gasteiger partial charge in [-0.1, -0.05) is 33.2 Å². The molecule has 24 heavy (non-hydrogen) atoms. The van der Waals surface area contributed by atoms with Crippen molar-refractivity contribution < 1.29 is 9.32 Å². The number of carbonyl (C=O) groups excluding carboxylic acids is 1. The van der Waals surface area contributed by atoms with E-state index in [1.54, 1.807) is 0 Å². The fourth-order valence-electron chi connectivity index (χ4n) is 2.05. The smallest absolute Gasteiger partial charge is 0.227 e.